The quantitative estimate of drug-likeness (QED) is 0.184. The zero-order valence-electron chi connectivity index (χ0n) is 36.3. The van der Waals surface area contributed by atoms with Gasteiger partial charge in [-0.3, -0.25) is 4.79 Å². The molecule has 6 N–H and O–H groups in total. The van der Waals surface area contributed by atoms with E-state index in [9.17, 15) is 30.3 Å². The van der Waals surface area contributed by atoms with Crippen LogP contribution in [-0.4, -0.2) is 179 Å². The van der Waals surface area contributed by atoms with E-state index in [1.165, 1.54) is 14.0 Å². The number of carbonyl (C=O) groups excluding carboxylic acids is 1. The first-order valence-electron chi connectivity index (χ1n) is 20.2. The maximum Gasteiger partial charge on any atom is 0.311 e. The van der Waals surface area contributed by atoms with Crippen LogP contribution in [0, 0.1) is 17.8 Å². The van der Waals surface area contributed by atoms with Crippen molar-refractivity contribution in [2.45, 2.75) is 185 Å². The molecule has 0 bridgehead atoms. The van der Waals surface area contributed by atoms with Gasteiger partial charge in [-0.05, 0) is 108 Å². The van der Waals surface area contributed by atoms with Crippen molar-refractivity contribution < 1.29 is 58.7 Å². The van der Waals surface area contributed by atoms with Gasteiger partial charge in [-0.1, -0.05) is 20.8 Å². The number of cyclic esters (lactones) is 1. The van der Waals surface area contributed by atoms with E-state index >= 15 is 0 Å². The molecule has 3 fully saturated rings. The second kappa shape index (κ2) is 18.9. The van der Waals surface area contributed by atoms with Gasteiger partial charge in [-0.2, -0.15) is 0 Å². The molecular weight excluding hydrogens is 714 g/mol. The lowest BCUT2D eigenvalue weighted by molar-refractivity contribution is -0.338. The van der Waals surface area contributed by atoms with Crippen LogP contribution in [0.25, 0.3) is 0 Å². The monoisotopic (exact) mass is 792 g/mol. The van der Waals surface area contributed by atoms with Crippen molar-refractivity contribution in [2.75, 3.05) is 48.4 Å². The Labute approximate surface area is 330 Å². The van der Waals surface area contributed by atoms with E-state index in [0.29, 0.717) is 13.0 Å². The molecule has 3 saturated heterocycles. The van der Waals surface area contributed by atoms with Gasteiger partial charge in [-0.25, -0.2) is 0 Å². The highest BCUT2D eigenvalue weighted by Gasteiger charge is 2.58. The number of rotatable bonds is 9. The molecule has 0 saturated carbocycles. The molecule has 55 heavy (non-hydrogen) atoms. The molecule has 18 atom stereocenters. The van der Waals surface area contributed by atoms with E-state index in [2.05, 4.69) is 5.32 Å². The number of hydrogen-bond acceptors (Lipinski definition) is 15. The number of esters is 1. The lowest BCUT2D eigenvalue weighted by Gasteiger charge is -2.54. The van der Waals surface area contributed by atoms with Crippen molar-refractivity contribution in [3.8, 4) is 0 Å². The Morgan fingerprint density at radius 2 is 1.55 bits per heavy atom. The first-order valence-corrected chi connectivity index (χ1v) is 20.2. The molecule has 3 aliphatic heterocycles. The van der Waals surface area contributed by atoms with Crippen LogP contribution in [0.1, 0.15) is 94.9 Å². The molecule has 0 amide bonds. The lowest BCUT2D eigenvalue weighted by atomic mass is 9.75. The zero-order chi connectivity index (χ0) is 42.0. The molecule has 1 unspecified atom stereocenters. The number of ether oxygens (including phenoxy) is 6. The minimum absolute atomic E-state index is 0.0939. The Bertz CT molecular complexity index is 1230. The smallest absolute Gasteiger partial charge is 0.311 e. The summed E-state index contributed by atoms with van der Waals surface area (Å²) in [6, 6.07) is -0.876. The summed E-state index contributed by atoms with van der Waals surface area (Å²) < 4.78 is 38.2. The van der Waals surface area contributed by atoms with Crippen LogP contribution in [0.5, 0.6) is 0 Å². The van der Waals surface area contributed by atoms with E-state index in [1.54, 1.807) is 41.5 Å². The minimum Gasteiger partial charge on any atom is -0.459 e. The molecule has 0 aromatic carbocycles. The maximum atomic E-state index is 14.3. The van der Waals surface area contributed by atoms with E-state index < -0.39 is 95.5 Å². The fraction of sp³-hybridized carbons (Fsp3) is 0.975. The third-order valence-corrected chi connectivity index (χ3v) is 12.8. The molecule has 0 aliphatic carbocycles. The fourth-order valence-electron chi connectivity index (χ4n) is 9.20. The number of nitrogens with zero attached hydrogens (tertiary/aromatic N) is 2. The zero-order valence-corrected chi connectivity index (χ0v) is 36.3. The summed E-state index contributed by atoms with van der Waals surface area (Å²) in [5, 5.41) is 62.4. The number of carbonyl (C=O) groups is 1. The van der Waals surface area contributed by atoms with Gasteiger partial charge < -0.3 is 69.1 Å². The third-order valence-electron chi connectivity index (χ3n) is 12.8. The predicted molar refractivity (Wildman–Crippen MR) is 207 cm³/mol. The minimum atomic E-state index is -1.81. The number of hydrogen-bond donors (Lipinski definition) is 6. The van der Waals surface area contributed by atoms with Gasteiger partial charge in [0, 0.05) is 38.1 Å². The van der Waals surface area contributed by atoms with Crippen LogP contribution in [0.4, 0.5) is 0 Å². The van der Waals surface area contributed by atoms with Crippen molar-refractivity contribution >= 4 is 5.97 Å². The molecular formula is C40H77N3O12. The van der Waals surface area contributed by atoms with Gasteiger partial charge in [0.25, 0.3) is 0 Å². The normalized spacial score (nSPS) is 48.7. The number of aliphatic hydroxyl groups excluding tert-OH is 2. The van der Waals surface area contributed by atoms with Crippen LogP contribution < -0.4 is 5.32 Å². The lowest BCUT2D eigenvalue weighted by Crippen LogP contribution is -2.69. The second-order valence-corrected chi connectivity index (χ2v) is 18.3. The summed E-state index contributed by atoms with van der Waals surface area (Å²) in [7, 11) is 9.01. The average Bonchev–Trinajstić information content (AvgIpc) is 3.08. The fourth-order valence-corrected chi connectivity index (χ4v) is 9.20. The largest absolute Gasteiger partial charge is 0.459 e. The number of nitrogens with one attached hydrogen (secondary N) is 1. The van der Waals surface area contributed by atoms with Gasteiger partial charge in [0.2, 0.25) is 0 Å². The highest BCUT2D eigenvalue weighted by Crippen LogP contribution is 2.43. The summed E-state index contributed by atoms with van der Waals surface area (Å²) in [6.45, 7) is 18.2. The number of methoxy groups -OCH3 is 1. The Morgan fingerprint density at radius 1 is 0.927 bits per heavy atom. The highest BCUT2D eigenvalue weighted by atomic mass is 16.7. The van der Waals surface area contributed by atoms with Gasteiger partial charge in [0.05, 0.1) is 35.9 Å². The van der Waals surface area contributed by atoms with Crippen molar-refractivity contribution in [2.24, 2.45) is 17.8 Å². The number of likely N-dealkylation sites (N-methyl/N-ethyl adjacent to an activating group) is 2. The summed E-state index contributed by atoms with van der Waals surface area (Å²) >= 11 is 0. The Morgan fingerprint density at radius 3 is 2.09 bits per heavy atom. The summed E-state index contributed by atoms with van der Waals surface area (Å²) in [5.74, 6) is -2.66. The van der Waals surface area contributed by atoms with Crippen LogP contribution >= 0.6 is 0 Å². The van der Waals surface area contributed by atoms with Gasteiger partial charge in [0.1, 0.15) is 35.1 Å². The van der Waals surface area contributed by atoms with Crippen LogP contribution in [0.2, 0.25) is 0 Å². The van der Waals surface area contributed by atoms with Crippen LogP contribution in [-0.2, 0) is 33.2 Å². The topological polar surface area (TPSA) is 192 Å². The average molecular weight is 792 g/mol. The van der Waals surface area contributed by atoms with Crippen LogP contribution in [0.15, 0.2) is 0 Å². The molecule has 0 spiro atoms. The molecule has 0 radical (unpaired) electrons. The van der Waals surface area contributed by atoms with E-state index in [0.717, 1.165) is 0 Å². The Hall–Kier alpha value is -1.05. The second-order valence-electron chi connectivity index (χ2n) is 18.3. The Balaban J connectivity index is 2.18. The van der Waals surface area contributed by atoms with Crippen LogP contribution in [0.3, 0.4) is 0 Å². The third kappa shape index (κ3) is 10.8. The van der Waals surface area contributed by atoms with Gasteiger partial charge >= 0.3 is 5.97 Å². The van der Waals surface area contributed by atoms with Crippen molar-refractivity contribution in [1.82, 2.24) is 15.1 Å². The number of aliphatic hydroxyl groups is 5. The molecule has 3 aliphatic rings. The molecule has 15 nitrogen and oxygen atoms in total. The molecule has 3 heterocycles. The van der Waals surface area contributed by atoms with Crippen molar-refractivity contribution in [3.05, 3.63) is 0 Å². The van der Waals surface area contributed by atoms with E-state index in [-0.39, 0.29) is 43.9 Å². The molecule has 3 rings (SSSR count). The maximum absolute atomic E-state index is 14.3. The van der Waals surface area contributed by atoms with Gasteiger partial charge in [0.15, 0.2) is 12.6 Å². The summed E-state index contributed by atoms with van der Waals surface area (Å²) in [4.78, 5) is 18.1. The van der Waals surface area contributed by atoms with Crippen molar-refractivity contribution in [1.29, 1.82) is 0 Å². The highest BCUT2D eigenvalue weighted by molar-refractivity contribution is 5.73. The summed E-state index contributed by atoms with van der Waals surface area (Å²) in [6.07, 6.45) is -7.58. The first-order chi connectivity index (χ1) is 25.3. The molecule has 0 aromatic heterocycles. The molecule has 0 aromatic rings. The molecule has 15 heteroatoms. The SMILES string of the molecule is CCC1OC(=O)[C@H](C)[C@@H](O[C@H]2C[C@@](C)(OC)[C@@](O)(CN(C)C)[C@H](C)O2)[C@H](C)[C@@H](O[C@@H]2O[C@H](C)C[C@H](N(C)C)[C@H]2O)[C@](C)(O)C[C@@H](C)CN[C@H](C)[C@@H](O)[C@]1(C)O. The summed E-state index contributed by atoms with van der Waals surface area (Å²) in [5.41, 5.74) is -5.94. The first kappa shape index (κ1) is 48.3. The Kier molecular flexibility index (Phi) is 16.6. The van der Waals surface area contributed by atoms with Crippen molar-refractivity contribution in [3.63, 3.8) is 0 Å². The molecule has 324 valence electrons. The standard InChI is InChI=1S/C40H77N3O12/c1-16-29-39(10,48)33(45)26(6)41-20-22(2)18-37(8,47)34(55-36-31(44)28(43(13)14)17-23(3)51-36)24(4)32(25(5)35(46)53-29)54-30-19-38(9,50-15)40(49,21-42(11)12)27(7)52-30/h22-34,36,41,44-45,47-49H,16-21H2,1-15H3/t22-,23-,24+,25-,26-,27+,28+,29?,30+,31-,32+,33-,34-,36+,37-,38-,39-,40-/m1/s1. The van der Waals surface area contributed by atoms with E-state index in [4.69, 9.17) is 28.4 Å². The predicted octanol–water partition coefficient (Wildman–Crippen LogP) is 1.49. The van der Waals surface area contributed by atoms with E-state index in [1.807, 2.05) is 58.8 Å². The van der Waals surface area contributed by atoms with Gasteiger partial charge in [-0.15, -0.1) is 0 Å².